The number of nitrogens with zero attached hydrogens (tertiary/aromatic N) is 2. The molecule has 0 bridgehead atoms. The molecule has 5 heteroatoms. The third kappa shape index (κ3) is 1.44. The molecule has 1 saturated heterocycles. The fraction of sp³-hybridized carbons (Fsp3) is 0.308. The number of aromatic nitrogens is 1. The van der Waals surface area contributed by atoms with Gasteiger partial charge in [-0.3, -0.25) is 0 Å². The summed E-state index contributed by atoms with van der Waals surface area (Å²) in [5, 5.41) is 13.2. The molecule has 1 aliphatic heterocycles. The van der Waals surface area contributed by atoms with E-state index in [1.807, 2.05) is 43.3 Å². The molecular weight excluding hydrogens is 230 g/mol. The highest BCUT2D eigenvalue weighted by Gasteiger charge is 2.37. The zero-order valence-corrected chi connectivity index (χ0v) is 10.3. The van der Waals surface area contributed by atoms with E-state index in [4.69, 9.17) is 9.94 Å². The number of oxime groups is 1. The maximum atomic E-state index is 8.90. The van der Waals surface area contributed by atoms with E-state index in [9.17, 15) is 0 Å². The predicted octanol–water partition coefficient (Wildman–Crippen LogP) is 2.30. The number of likely N-dealkylation sites (N-methyl/N-ethyl adjacent to an activating group) is 1. The summed E-state index contributed by atoms with van der Waals surface area (Å²) in [5.74, 6) is 0. The molecule has 2 N–H and O–H groups in total. The number of para-hydroxylation sites is 1. The zero-order valence-electron chi connectivity index (χ0n) is 10.3. The Morgan fingerprint density at radius 1 is 1.39 bits per heavy atom. The first-order valence-electron chi connectivity index (χ1n) is 5.90. The van der Waals surface area contributed by atoms with Crippen molar-refractivity contribution in [2.75, 3.05) is 7.05 Å². The van der Waals surface area contributed by atoms with E-state index in [-0.39, 0.29) is 18.2 Å². The number of fused-ring (bicyclic) bond motifs is 1. The van der Waals surface area contributed by atoms with Gasteiger partial charge in [0, 0.05) is 29.7 Å². The van der Waals surface area contributed by atoms with E-state index in [1.54, 1.807) is 0 Å². The molecule has 2 heterocycles. The molecule has 18 heavy (non-hydrogen) atoms. The molecule has 3 rings (SSSR count). The van der Waals surface area contributed by atoms with Gasteiger partial charge in [0.2, 0.25) is 0 Å². The Morgan fingerprint density at radius 3 is 2.89 bits per heavy atom. The zero-order chi connectivity index (χ0) is 12.7. The summed E-state index contributed by atoms with van der Waals surface area (Å²) < 4.78 is 5.69. The van der Waals surface area contributed by atoms with Crippen molar-refractivity contribution in [3.63, 3.8) is 0 Å². The molecule has 0 radical (unpaired) electrons. The molecule has 0 aliphatic carbocycles. The van der Waals surface area contributed by atoms with Gasteiger partial charge in [0.25, 0.3) is 0 Å². The lowest BCUT2D eigenvalue weighted by molar-refractivity contribution is 0.194. The van der Waals surface area contributed by atoms with Crippen molar-refractivity contribution in [2.24, 2.45) is 5.16 Å². The van der Waals surface area contributed by atoms with Crippen LogP contribution in [0.5, 0.6) is 0 Å². The lowest BCUT2D eigenvalue weighted by Gasteiger charge is -2.16. The van der Waals surface area contributed by atoms with Gasteiger partial charge in [0.1, 0.15) is 6.10 Å². The van der Waals surface area contributed by atoms with E-state index in [0.29, 0.717) is 0 Å². The van der Waals surface area contributed by atoms with Crippen LogP contribution in [0.15, 0.2) is 35.6 Å². The van der Waals surface area contributed by atoms with Crippen LogP contribution in [0.2, 0.25) is 0 Å². The smallest absolute Gasteiger partial charge is 0.327 e. The van der Waals surface area contributed by atoms with Crippen molar-refractivity contribution in [1.82, 2.24) is 9.88 Å². The summed E-state index contributed by atoms with van der Waals surface area (Å²) in [6, 6.07) is 8.47. The lowest BCUT2D eigenvalue weighted by atomic mass is 10.0. The van der Waals surface area contributed by atoms with Crippen LogP contribution in [-0.4, -0.2) is 34.2 Å². The number of hydrogen-bond donors (Lipinski definition) is 2. The minimum Gasteiger partial charge on any atom is -0.452 e. The van der Waals surface area contributed by atoms with Gasteiger partial charge in [-0.1, -0.05) is 18.2 Å². The van der Waals surface area contributed by atoms with Crippen LogP contribution in [0, 0.1) is 0 Å². The number of aromatic amines is 1. The molecule has 2 aromatic rings. The maximum absolute atomic E-state index is 8.90. The molecule has 1 fully saturated rings. The standard InChI is InChI=1S/C13H15N3O2/c1-8-12(18-13(15-17)16(8)2)10-7-14-11-6-4-3-5-9(10)11/h3-8,12,14,17H,1-2H3. The van der Waals surface area contributed by atoms with E-state index < -0.39 is 0 Å². The van der Waals surface area contributed by atoms with Gasteiger partial charge in [0.05, 0.1) is 6.04 Å². The van der Waals surface area contributed by atoms with Crippen molar-refractivity contribution in [3.05, 3.63) is 36.0 Å². The first-order chi connectivity index (χ1) is 8.72. The SMILES string of the molecule is CC1C(c2c[nH]c3ccccc23)OC(=NO)N1C. The van der Waals surface area contributed by atoms with Crippen LogP contribution in [0.25, 0.3) is 10.9 Å². The molecule has 94 valence electrons. The monoisotopic (exact) mass is 245 g/mol. The Labute approximate surface area is 105 Å². The Kier molecular flexibility index (Phi) is 2.40. The molecule has 1 aromatic carbocycles. The van der Waals surface area contributed by atoms with Crippen LogP contribution in [0.4, 0.5) is 0 Å². The van der Waals surface area contributed by atoms with Crippen molar-refractivity contribution < 1.29 is 9.94 Å². The third-order valence-electron chi connectivity index (χ3n) is 3.60. The van der Waals surface area contributed by atoms with E-state index >= 15 is 0 Å². The Morgan fingerprint density at radius 2 is 2.17 bits per heavy atom. The third-order valence-corrected chi connectivity index (χ3v) is 3.60. The molecule has 2 atom stereocenters. The van der Waals surface area contributed by atoms with Crippen LogP contribution in [0.1, 0.15) is 18.6 Å². The molecule has 2 unspecified atom stereocenters. The number of amidine groups is 1. The summed E-state index contributed by atoms with van der Waals surface area (Å²) in [6.07, 6.45) is 1.83. The maximum Gasteiger partial charge on any atom is 0.327 e. The van der Waals surface area contributed by atoms with Crippen molar-refractivity contribution >= 4 is 16.9 Å². The first kappa shape index (κ1) is 11.0. The van der Waals surface area contributed by atoms with Gasteiger partial charge in [-0.05, 0) is 18.1 Å². The topological polar surface area (TPSA) is 60.9 Å². The molecule has 1 aromatic heterocycles. The fourth-order valence-corrected chi connectivity index (χ4v) is 2.42. The molecule has 0 amide bonds. The molecule has 0 spiro atoms. The second-order valence-corrected chi connectivity index (χ2v) is 4.56. The summed E-state index contributed by atoms with van der Waals surface area (Å²) in [5.41, 5.74) is 2.17. The molecule has 1 aliphatic rings. The average Bonchev–Trinajstić information content (AvgIpc) is 2.93. The number of H-pyrrole nitrogens is 1. The second kappa shape index (κ2) is 3.94. The van der Waals surface area contributed by atoms with Crippen molar-refractivity contribution in [3.8, 4) is 0 Å². The largest absolute Gasteiger partial charge is 0.452 e. The van der Waals surface area contributed by atoms with Crippen molar-refractivity contribution in [2.45, 2.75) is 19.1 Å². The first-order valence-corrected chi connectivity index (χ1v) is 5.90. The van der Waals surface area contributed by atoms with Gasteiger partial charge in [-0.25, -0.2) is 0 Å². The van der Waals surface area contributed by atoms with Gasteiger partial charge < -0.3 is 19.8 Å². The number of rotatable bonds is 1. The van der Waals surface area contributed by atoms with Gasteiger partial charge in [0.15, 0.2) is 0 Å². The highest BCUT2D eigenvalue weighted by Crippen LogP contribution is 2.35. The second-order valence-electron chi connectivity index (χ2n) is 4.56. The van der Waals surface area contributed by atoms with Crippen molar-refractivity contribution in [1.29, 1.82) is 0 Å². The molecule has 0 saturated carbocycles. The summed E-state index contributed by atoms with van der Waals surface area (Å²) in [7, 11) is 1.86. The molecular formula is C13H15N3O2. The summed E-state index contributed by atoms with van der Waals surface area (Å²) in [4.78, 5) is 5.06. The van der Waals surface area contributed by atoms with Gasteiger partial charge in [-0.2, -0.15) is 0 Å². The highest BCUT2D eigenvalue weighted by molar-refractivity contribution is 5.85. The van der Waals surface area contributed by atoms with Crippen LogP contribution in [-0.2, 0) is 4.74 Å². The van der Waals surface area contributed by atoms with Gasteiger partial charge >= 0.3 is 6.02 Å². The molecule has 5 nitrogen and oxygen atoms in total. The quantitative estimate of drug-likeness (QED) is 0.598. The normalized spacial score (nSPS) is 25.9. The van der Waals surface area contributed by atoms with Crippen LogP contribution < -0.4 is 0 Å². The number of ether oxygens (including phenoxy) is 1. The highest BCUT2D eigenvalue weighted by atomic mass is 16.6. The predicted molar refractivity (Wildman–Crippen MR) is 68.6 cm³/mol. The number of nitrogens with one attached hydrogen (secondary N) is 1. The Balaban J connectivity index is 2.06. The van der Waals surface area contributed by atoms with E-state index in [0.717, 1.165) is 16.5 Å². The van der Waals surface area contributed by atoms with Crippen LogP contribution >= 0.6 is 0 Å². The summed E-state index contributed by atoms with van der Waals surface area (Å²) >= 11 is 0. The number of benzene rings is 1. The van der Waals surface area contributed by atoms with E-state index in [2.05, 4.69) is 16.2 Å². The minimum absolute atomic E-state index is 0.120. The average molecular weight is 245 g/mol. The van der Waals surface area contributed by atoms with Gasteiger partial charge in [-0.15, -0.1) is 0 Å². The van der Waals surface area contributed by atoms with Crippen LogP contribution in [0.3, 0.4) is 0 Å². The minimum atomic E-state index is -0.128. The Hall–Kier alpha value is -2.17. The lowest BCUT2D eigenvalue weighted by Crippen LogP contribution is -2.28. The Bertz CT molecular complexity index is 605. The number of hydrogen-bond acceptors (Lipinski definition) is 3. The van der Waals surface area contributed by atoms with E-state index in [1.165, 1.54) is 0 Å². The summed E-state index contributed by atoms with van der Waals surface area (Å²) in [6.45, 7) is 2.05. The fourth-order valence-electron chi connectivity index (χ4n) is 2.42.